The number of nitrogens with zero attached hydrogens (tertiary/aromatic N) is 3. The number of methoxy groups -OCH3 is 1. The lowest BCUT2D eigenvalue weighted by Crippen LogP contribution is -2.59. The van der Waals surface area contributed by atoms with Crippen molar-refractivity contribution in [2.45, 2.75) is 37.3 Å². The maximum atomic E-state index is 11.6. The Morgan fingerprint density at radius 2 is 2.22 bits per heavy atom. The van der Waals surface area contributed by atoms with Crippen LogP contribution in [0, 0.1) is 0 Å². The van der Waals surface area contributed by atoms with Crippen molar-refractivity contribution in [3.05, 3.63) is 22.3 Å². The van der Waals surface area contributed by atoms with Gasteiger partial charge in [0.05, 0.1) is 25.8 Å². The fourth-order valence-corrected chi connectivity index (χ4v) is 2.11. The third kappa shape index (κ3) is 4.57. The van der Waals surface area contributed by atoms with Crippen molar-refractivity contribution >= 4 is 11.9 Å². The smallest absolute Gasteiger partial charge is 0.372 e. The number of ether oxygens (including phenoxy) is 2. The summed E-state index contributed by atoms with van der Waals surface area (Å²) in [6.07, 6.45) is -3.47. The molecule has 5 atom stereocenters. The molecular formula is C12H18N4O7. The molecule has 1 rings (SSSR count). The van der Waals surface area contributed by atoms with E-state index in [4.69, 9.17) is 15.4 Å². The van der Waals surface area contributed by atoms with E-state index in [-0.39, 0.29) is 5.76 Å². The third-order valence-corrected chi connectivity index (χ3v) is 3.17. The highest BCUT2D eigenvalue weighted by atomic mass is 16.6. The van der Waals surface area contributed by atoms with Crippen LogP contribution in [0.3, 0.4) is 0 Å². The van der Waals surface area contributed by atoms with E-state index in [1.165, 1.54) is 6.92 Å². The van der Waals surface area contributed by atoms with Gasteiger partial charge in [0.2, 0.25) is 11.7 Å². The van der Waals surface area contributed by atoms with Gasteiger partial charge in [-0.1, -0.05) is 5.11 Å². The number of aliphatic hydroxyl groups excluding tert-OH is 3. The summed E-state index contributed by atoms with van der Waals surface area (Å²) in [5.41, 5.74) is 8.64. The first-order valence-corrected chi connectivity index (χ1v) is 6.60. The molecule has 0 aromatic heterocycles. The fraction of sp³-hybridized carbons (Fsp3) is 0.667. The summed E-state index contributed by atoms with van der Waals surface area (Å²) in [4.78, 5) is 25.6. The minimum atomic E-state index is -1.67. The number of nitrogens with one attached hydrogen (secondary N) is 1. The molecule has 1 aliphatic heterocycles. The van der Waals surface area contributed by atoms with Gasteiger partial charge in [-0.2, -0.15) is 0 Å². The molecule has 5 unspecified atom stereocenters. The minimum absolute atomic E-state index is 0.347. The lowest BCUT2D eigenvalue weighted by Gasteiger charge is -2.38. The van der Waals surface area contributed by atoms with E-state index in [2.05, 4.69) is 20.1 Å². The van der Waals surface area contributed by atoms with Crippen molar-refractivity contribution in [3.8, 4) is 0 Å². The van der Waals surface area contributed by atoms with Crippen LogP contribution in [0.25, 0.3) is 10.4 Å². The number of hydrogen-bond acceptors (Lipinski definition) is 8. The summed E-state index contributed by atoms with van der Waals surface area (Å²) < 4.78 is 9.78. The standard InChI is InChI=1S/C12H18N4O7/c1-5(18)14-9-6(15-16-13)3-8(12(21)22-2)23-11(9)10(20)7(19)4-17/h3,6-7,9-11,17,19-20H,4H2,1-2H3,(H,14,18). The lowest BCUT2D eigenvalue weighted by molar-refractivity contribution is -0.148. The van der Waals surface area contributed by atoms with Crippen molar-refractivity contribution in [1.29, 1.82) is 0 Å². The summed E-state index contributed by atoms with van der Waals surface area (Å²) in [5.74, 6) is -1.75. The van der Waals surface area contributed by atoms with Gasteiger partial charge in [-0.3, -0.25) is 4.79 Å². The molecular weight excluding hydrogens is 312 g/mol. The number of aliphatic hydroxyl groups is 3. The molecule has 11 nitrogen and oxygen atoms in total. The van der Waals surface area contributed by atoms with Gasteiger partial charge in [0.25, 0.3) is 0 Å². The van der Waals surface area contributed by atoms with Gasteiger partial charge in [-0.05, 0) is 11.6 Å². The fourth-order valence-electron chi connectivity index (χ4n) is 2.11. The molecule has 23 heavy (non-hydrogen) atoms. The maximum absolute atomic E-state index is 11.6. The van der Waals surface area contributed by atoms with Crippen LogP contribution in [-0.4, -0.2) is 71.3 Å². The number of carbonyl (C=O) groups excluding carboxylic acids is 2. The minimum Gasteiger partial charge on any atom is -0.478 e. The van der Waals surface area contributed by atoms with E-state index >= 15 is 0 Å². The molecule has 0 aliphatic carbocycles. The van der Waals surface area contributed by atoms with Crippen LogP contribution in [0.4, 0.5) is 0 Å². The molecule has 0 fully saturated rings. The van der Waals surface area contributed by atoms with Gasteiger partial charge in [0.15, 0.2) is 0 Å². The lowest BCUT2D eigenvalue weighted by atomic mass is 9.92. The van der Waals surface area contributed by atoms with Crippen molar-refractivity contribution < 1.29 is 34.4 Å². The largest absolute Gasteiger partial charge is 0.478 e. The topological polar surface area (TPSA) is 174 Å². The summed E-state index contributed by atoms with van der Waals surface area (Å²) in [7, 11) is 1.10. The van der Waals surface area contributed by atoms with Gasteiger partial charge < -0.3 is 30.1 Å². The Bertz CT molecular complexity index is 532. The summed E-state index contributed by atoms with van der Waals surface area (Å²) in [6.45, 7) is 0.413. The van der Waals surface area contributed by atoms with Crippen LogP contribution in [0.5, 0.6) is 0 Å². The van der Waals surface area contributed by atoms with Crippen LogP contribution in [0.2, 0.25) is 0 Å². The van der Waals surface area contributed by atoms with Gasteiger partial charge in [-0.15, -0.1) is 0 Å². The van der Waals surface area contributed by atoms with Gasteiger partial charge >= 0.3 is 5.97 Å². The first kappa shape index (κ1) is 18.7. The Kier molecular flexibility index (Phi) is 6.79. The summed E-state index contributed by atoms with van der Waals surface area (Å²) >= 11 is 0. The quantitative estimate of drug-likeness (QED) is 0.195. The SMILES string of the molecule is COC(=O)C1=CC(N=[N+]=[N-])C(NC(C)=O)C(C(O)C(O)CO)O1. The second-order valence-corrected chi connectivity index (χ2v) is 4.77. The van der Waals surface area contributed by atoms with Crippen molar-refractivity contribution in [2.24, 2.45) is 5.11 Å². The molecule has 0 spiro atoms. The van der Waals surface area contributed by atoms with Crippen molar-refractivity contribution in [3.63, 3.8) is 0 Å². The van der Waals surface area contributed by atoms with E-state index in [1.807, 2.05) is 0 Å². The van der Waals surface area contributed by atoms with Crippen LogP contribution in [-0.2, 0) is 19.1 Å². The average Bonchev–Trinajstić information content (AvgIpc) is 2.53. The second kappa shape index (κ2) is 8.34. The Labute approximate surface area is 131 Å². The predicted octanol–water partition coefficient (Wildman–Crippen LogP) is -1.66. The maximum Gasteiger partial charge on any atom is 0.372 e. The molecule has 0 saturated carbocycles. The number of azide groups is 1. The second-order valence-electron chi connectivity index (χ2n) is 4.77. The van der Waals surface area contributed by atoms with E-state index in [1.54, 1.807) is 0 Å². The highest BCUT2D eigenvalue weighted by Gasteiger charge is 2.43. The molecule has 0 radical (unpaired) electrons. The molecule has 1 heterocycles. The molecule has 1 aliphatic rings. The highest BCUT2D eigenvalue weighted by molar-refractivity contribution is 5.86. The van der Waals surface area contributed by atoms with Gasteiger partial charge in [0, 0.05) is 11.8 Å². The molecule has 4 N–H and O–H groups in total. The molecule has 0 aromatic carbocycles. The molecule has 11 heteroatoms. The van der Waals surface area contributed by atoms with Crippen molar-refractivity contribution in [2.75, 3.05) is 13.7 Å². The van der Waals surface area contributed by atoms with E-state index in [0.717, 1.165) is 13.2 Å². The Hall–Kier alpha value is -2.33. The Morgan fingerprint density at radius 3 is 2.70 bits per heavy atom. The average molecular weight is 330 g/mol. The van der Waals surface area contributed by atoms with Crippen LogP contribution >= 0.6 is 0 Å². The summed E-state index contributed by atoms with van der Waals surface area (Å²) in [6, 6.07) is -2.13. The van der Waals surface area contributed by atoms with Crippen molar-refractivity contribution in [1.82, 2.24) is 5.32 Å². The normalized spacial score (nSPS) is 26.0. The first-order chi connectivity index (χ1) is 10.8. The molecule has 0 aromatic rings. The number of esters is 1. The number of hydrogen-bond donors (Lipinski definition) is 4. The molecule has 0 saturated heterocycles. The van der Waals surface area contributed by atoms with Crippen LogP contribution < -0.4 is 5.32 Å². The first-order valence-electron chi connectivity index (χ1n) is 6.60. The third-order valence-electron chi connectivity index (χ3n) is 3.17. The number of carbonyl (C=O) groups is 2. The zero-order valence-electron chi connectivity index (χ0n) is 12.5. The molecule has 1 amide bonds. The van der Waals surface area contributed by atoms with Crippen LogP contribution in [0.1, 0.15) is 6.92 Å². The monoisotopic (exact) mass is 330 g/mol. The predicted molar refractivity (Wildman–Crippen MR) is 74.6 cm³/mol. The van der Waals surface area contributed by atoms with E-state index < -0.39 is 48.9 Å². The van der Waals surface area contributed by atoms with E-state index in [0.29, 0.717) is 0 Å². The van der Waals surface area contributed by atoms with Gasteiger partial charge in [-0.25, -0.2) is 4.79 Å². The Balaban J connectivity index is 3.26. The number of amides is 1. The van der Waals surface area contributed by atoms with Crippen LogP contribution in [0.15, 0.2) is 16.9 Å². The van der Waals surface area contributed by atoms with Gasteiger partial charge in [0.1, 0.15) is 18.3 Å². The Morgan fingerprint density at radius 1 is 1.57 bits per heavy atom. The number of rotatable bonds is 6. The zero-order valence-corrected chi connectivity index (χ0v) is 12.5. The highest BCUT2D eigenvalue weighted by Crippen LogP contribution is 2.25. The molecule has 0 bridgehead atoms. The summed E-state index contributed by atoms with van der Waals surface area (Å²) in [5, 5.41) is 34.5. The molecule has 128 valence electrons. The van der Waals surface area contributed by atoms with E-state index in [9.17, 15) is 19.8 Å². The zero-order chi connectivity index (χ0) is 17.6.